The van der Waals surface area contributed by atoms with Crippen molar-refractivity contribution in [2.75, 3.05) is 27.9 Å². The van der Waals surface area contributed by atoms with Crippen molar-refractivity contribution in [2.45, 2.75) is 91.7 Å². The number of carbonyl (C=O) groups excluding carboxylic acids is 2. The summed E-state index contributed by atoms with van der Waals surface area (Å²) in [6.45, 7) is 11.1. The van der Waals surface area contributed by atoms with Crippen LogP contribution in [-0.4, -0.2) is 64.4 Å². The van der Waals surface area contributed by atoms with Crippen LogP contribution in [-0.2, 0) is 35.1 Å². The SMILES string of the molecule is C=C(O[C@@H](COCc1ccc(OC)cc1)C/[C](=C\C(=O)OC)[Sn]([CH2]CCC)([CH2]CCC)[CH2]CCC)C(=O)OC. The molecule has 8 heteroatoms. The molecule has 1 atom stereocenters. The summed E-state index contributed by atoms with van der Waals surface area (Å²) in [5, 5.41) is 0. The Hall–Kier alpha value is -2.00. The van der Waals surface area contributed by atoms with Crippen molar-refractivity contribution in [1.29, 1.82) is 0 Å². The molecule has 0 amide bonds. The molecular formula is C31H50O7Sn. The normalized spacial score (nSPS) is 12.5. The molecule has 1 aromatic rings. The second kappa shape index (κ2) is 20.0. The van der Waals surface area contributed by atoms with E-state index in [2.05, 4.69) is 27.4 Å². The third kappa shape index (κ3) is 12.8. The van der Waals surface area contributed by atoms with Gasteiger partial charge in [-0.05, 0) is 0 Å². The number of hydrogen-bond acceptors (Lipinski definition) is 7. The van der Waals surface area contributed by atoms with E-state index in [1.165, 1.54) is 31.1 Å². The van der Waals surface area contributed by atoms with Crippen LogP contribution in [0.3, 0.4) is 0 Å². The molecule has 0 aliphatic rings. The first-order valence-electron chi connectivity index (χ1n) is 14.2. The van der Waals surface area contributed by atoms with Crippen molar-refractivity contribution in [2.24, 2.45) is 0 Å². The molecule has 1 rings (SSSR count). The molecule has 39 heavy (non-hydrogen) atoms. The fourth-order valence-electron chi connectivity index (χ4n) is 4.80. The zero-order valence-corrected chi connectivity index (χ0v) is 27.9. The van der Waals surface area contributed by atoms with Gasteiger partial charge in [-0.1, -0.05) is 0 Å². The van der Waals surface area contributed by atoms with Crippen molar-refractivity contribution in [3.8, 4) is 5.75 Å². The molecule has 0 saturated carbocycles. The van der Waals surface area contributed by atoms with Crippen LogP contribution >= 0.6 is 0 Å². The number of benzene rings is 1. The number of ether oxygens (including phenoxy) is 5. The van der Waals surface area contributed by atoms with Crippen molar-refractivity contribution >= 4 is 30.3 Å². The number of esters is 2. The van der Waals surface area contributed by atoms with E-state index >= 15 is 0 Å². The van der Waals surface area contributed by atoms with Crippen LogP contribution in [0.1, 0.15) is 71.3 Å². The van der Waals surface area contributed by atoms with Gasteiger partial charge in [-0.25, -0.2) is 0 Å². The van der Waals surface area contributed by atoms with Gasteiger partial charge in [-0.2, -0.15) is 0 Å². The third-order valence-corrected chi connectivity index (χ3v) is 23.2. The second-order valence-corrected chi connectivity index (χ2v) is 23.4. The summed E-state index contributed by atoms with van der Waals surface area (Å²) in [4.78, 5) is 24.8. The molecular weight excluding hydrogens is 603 g/mol. The summed E-state index contributed by atoms with van der Waals surface area (Å²) in [6, 6.07) is 7.68. The Morgan fingerprint density at radius 2 is 1.46 bits per heavy atom. The van der Waals surface area contributed by atoms with Gasteiger partial charge in [-0.3, -0.25) is 0 Å². The molecule has 1 aromatic carbocycles. The number of rotatable bonds is 21. The fourth-order valence-corrected chi connectivity index (χ4v) is 21.6. The van der Waals surface area contributed by atoms with Crippen LogP contribution in [0.5, 0.6) is 5.75 Å². The molecule has 0 aliphatic carbocycles. The minimum absolute atomic E-state index is 0.0653. The molecule has 0 spiro atoms. The second-order valence-electron chi connectivity index (χ2n) is 10.0. The quantitative estimate of drug-likeness (QED) is 0.0603. The van der Waals surface area contributed by atoms with E-state index in [-0.39, 0.29) is 18.3 Å². The molecule has 0 aliphatic heterocycles. The zero-order chi connectivity index (χ0) is 29.1. The van der Waals surface area contributed by atoms with Gasteiger partial charge in [0.15, 0.2) is 0 Å². The Kier molecular flexibility index (Phi) is 17.9. The molecule has 0 N–H and O–H groups in total. The van der Waals surface area contributed by atoms with Crippen LogP contribution in [0.2, 0.25) is 13.3 Å². The molecule has 0 fully saturated rings. The van der Waals surface area contributed by atoms with Gasteiger partial charge in [0, 0.05) is 0 Å². The molecule has 0 aromatic heterocycles. The Bertz CT molecular complexity index is 873. The zero-order valence-electron chi connectivity index (χ0n) is 25.0. The van der Waals surface area contributed by atoms with E-state index in [9.17, 15) is 9.59 Å². The number of methoxy groups -OCH3 is 3. The molecule has 7 nitrogen and oxygen atoms in total. The fraction of sp³-hybridized carbons (Fsp3) is 0.613. The summed E-state index contributed by atoms with van der Waals surface area (Å²) in [6.07, 6.45) is 8.54. The topological polar surface area (TPSA) is 80.3 Å². The Labute approximate surface area is 240 Å². The number of hydrogen-bond donors (Lipinski definition) is 0. The summed E-state index contributed by atoms with van der Waals surface area (Å²) in [7, 11) is 4.35. The maximum atomic E-state index is 12.7. The van der Waals surface area contributed by atoms with Crippen molar-refractivity contribution < 1.29 is 33.3 Å². The van der Waals surface area contributed by atoms with E-state index in [0.29, 0.717) is 13.0 Å². The summed E-state index contributed by atoms with van der Waals surface area (Å²) in [5.74, 6) is -0.238. The van der Waals surface area contributed by atoms with E-state index in [4.69, 9.17) is 23.7 Å². The first-order chi connectivity index (χ1) is 18.8. The first kappa shape index (κ1) is 35.0. The van der Waals surface area contributed by atoms with Gasteiger partial charge in [0.25, 0.3) is 0 Å². The standard InChI is InChI=1S/C19H23O7.3C4H9.Sn/c1-14(19(21)24-4)26-17(6-5-7-18(20)23-3)13-25-12-15-8-10-16(22-2)11-9-15;3*1-3-4-2;/h7-11,17H,1,6,12-13H2,2-4H3;3*1,3-4H2,2H3;/t17-;;;;/m1..../s1. The predicted octanol–water partition coefficient (Wildman–Crippen LogP) is 7.16. The number of carbonyl (C=O) groups is 2. The average Bonchev–Trinajstić information content (AvgIpc) is 2.96. The van der Waals surface area contributed by atoms with Gasteiger partial charge < -0.3 is 0 Å². The van der Waals surface area contributed by atoms with Crippen molar-refractivity contribution in [3.05, 3.63) is 51.8 Å². The van der Waals surface area contributed by atoms with Crippen LogP contribution in [0.4, 0.5) is 0 Å². The van der Waals surface area contributed by atoms with Gasteiger partial charge >= 0.3 is 241 Å². The van der Waals surface area contributed by atoms with Gasteiger partial charge in [0.05, 0.1) is 0 Å². The summed E-state index contributed by atoms with van der Waals surface area (Å²) in [5.41, 5.74) is 0.994. The van der Waals surface area contributed by atoms with E-state index < -0.39 is 30.5 Å². The monoisotopic (exact) mass is 654 g/mol. The van der Waals surface area contributed by atoms with Crippen LogP contribution in [0.15, 0.2) is 46.3 Å². The van der Waals surface area contributed by atoms with Crippen LogP contribution < -0.4 is 4.74 Å². The molecule has 220 valence electrons. The molecule has 0 bridgehead atoms. The van der Waals surface area contributed by atoms with Gasteiger partial charge in [-0.15, -0.1) is 0 Å². The van der Waals surface area contributed by atoms with Crippen LogP contribution in [0, 0.1) is 0 Å². The van der Waals surface area contributed by atoms with Crippen molar-refractivity contribution in [1.82, 2.24) is 0 Å². The van der Waals surface area contributed by atoms with E-state index in [0.717, 1.165) is 49.8 Å². The molecule has 0 heterocycles. The van der Waals surface area contributed by atoms with Gasteiger partial charge in [0.2, 0.25) is 0 Å². The Morgan fingerprint density at radius 3 is 1.92 bits per heavy atom. The average molecular weight is 653 g/mol. The predicted molar refractivity (Wildman–Crippen MR) is 158 cm³/mol. The Balaban J connectivity index is 3.34. The maximum absolute atomic E-state index is 12.7. The van der Waals surface area contributed by atoms with E-state index in [1.54, 1.807) is 13.2 Å². The number of unbranched alkanes of at least 4 members (excludes halogenated alkanes) is 3. The third-order valence-electron chi connectivity index (χ3n) is 7.10. The van der Waals surface area contributed by atoms with Gasteiger partial charge in [0.1, 0.15) is 0 Å². The minimum atomic E-state index is -3.04. The molecule has 0 saturated heterocycles. The molecule has 0 unspecified atom stereocenters. The molecule has 0 radical (unpaired) electrons. The summed E-state index contributed by atoms with van der Waals surface area (Å²) < 4.78 is 32.1. The summed E-state index contributed by atoms with van der Waals surface area (Å²) >= 11 is -3.04. The van der Waals surface area contributed by atoms with E-state index in [1.807, 2.05) is 24.3 Å². The van der Waals surface area contributed by atoms with Crippen molar-refractivity contribution in [3.63, 3.8) is 0 Å². The Morgan fingerprint density at radius 1 is 0.897 bits per heavy atom. The van der Waals surface area contributed by atoms with Crippen LogP contribution in [0.25, 0.3) is 0 Å². The first-order valence-corrected chi connectivity index (χ1v) is 21.7.